The second-order valence-electron chi connectivity index (χ2n) is 7.01. The molecule has 0 spiro atoms. The van der Waals surface area contributed by atoms with Crippen LogP contribution in [0.25, 0.3) is 10.2 Å². The minimum Gasteiger partial charge on any atom is -0.492 e. The van der Waals surface area contributed by atoms with Crippen molar-refractivity contribution < 1.29 is 19.0 Å². The number of carbonyl (C=O) groups is 1. The fourth-order valence-electron chi connectivity index (χ4n) is 3.45. The number of ether oxygens (including phenoxy) is 3. The summed E-state index contributed by atoms with van der Waals surface area (Å²) in [6.07, 6.45) is 1.70. The number of fused-ring (bicyclic) bond motifs is 1. The molecule has 1 aromatic heterocycles. The lowest BCUT2D eigenvalue weighted by Crippen LogP contribution is -2.38. The maximum Gasteiger partial charge on any atom is 0.308 e. The van der Waals surface area contributed by atoms with Gasteiger partial charge >= 0.3 is 5.97 Å². The van der Waals surface area contributed by atoms with E-state index in [9.17, 15) is 4.79 Å². The number of methoxy groups -OCH3 is 1. The quantitative estimate of drug-likeness (QED) is 0.538. The summed E-state index contributed by atoms with van der Waals surface area (Å²) in [6, 6.07) is 15.6. The summed E-state index contributed by atoms with van der Waals surface area (Å²) in [4.78, 5) is 18.4. The molecule has 152 valence electrons. The first kappa shape index (κ1) is 19.7. The van der Waals surface area contributed by atoms with Crippen LogP contribution in [0.3, 0.4) is 0 Å². The molecule has 2 heterocycles. The lowest BCUT2D eigenvalue weighted by molar-refractivity contribution is -0.147. The van der Waals surface area contributed by atoms with Crippen molar-refractivity contribution in [1.29, 1.82) is 0 Å². The van der Waals surface area contributed by atoms with Gasteiger partial charge in [-0.2, -0.15) is 0 Å². The number of aromatic nitrogens is 1. The Balaban J connectivity index is 1.22. The van der Waals surface area contributed by atoms with Gasteiger partial charge in [0.2, 0.25) is 0 Å². The Hall–Kier alpha value is -2.64. The molecule has 0 amide bonds. The number of carbonyl (C=O) groups excluding carboxylic acids is 1. The Morgan fingerprint density at radius 1 is 1.10 bits per heavy atom. The third-order valence-corrected chi connectivity index (χ3v) is 6.02. The van der Waals surface area contributed by atoms with Crippen molar-refractivity contribution in [3.63, 3.8) is 0 Å². The third kappa shape index (κ3) is 5.05. The largest absolute Gasteiger partial charge is 0.492 e. The molecule has 4 rings (SSSR count). The first-order valence-electron chi connectivity index (χ1n) is 9.78. The number of rotatable bonds is 7. The minimum absolute atomic E-state index is 0.0418. The van der Waals surface area contributed by atoms with Crippen LogP contribution in [0.5, 0.6) is 16.7 Å². The highest BCUT2D eigenvalue weighted by Gasteiger charge is 2.25. The van der Waals surface area contributed by atoms with Crippen LogP contribution in [0.2, 0.25) is 0 Å². The van der Waals surface area contributed by atoms with Gasteiger partial charge in [0.25, 0.3) is 5.19 Å². The van der Waals surface area contributed by atoms with Gasteiger partial charge in [0.05, 0.1) is 23.2 Å². The molecule has 1 aliphatic rings. The van der Waals surface area contributed by atoms with Crippen molar-refractivity contribution in [2.45, 2.75) is 12.8 Å². The van der Waals surface area contributed by atoms with Gasteiger partial charge in [-0.05, 0) is 62.3 Å². The number of likely N-dealkylation sites (tertiary alicyclic amines) is 1. The Kier molecular flexibility index (Phi) is 6.27. The first-order chi connectivity index (χ1) is 14.2. The van der Waals surface area contributed by atoms with Crippen LogP contribution in [0.4, 0.5) is 0 Å². The predicted molar refractivity (Wildman–Crippen MR) is 113 cm³/mol. The van der Waals surface area contributed by atoms with Crippen molar-refractivity contribution in [3.05, 3.63) is 48.5 Å². The third-order valence-electron chi connectivity index (χ3n) is 5.10. The highest BCUT2D eigenvalue weighted by molar-refractivity contribution is 7.20. The highest BCUT2D eigenvalue weighted by atomic mass is 32.1. The summed E-state index contributed by atoms with van der Waals surface area (Å²) < 4.78 is 17.7. The van der Waals surface area contributed by atoms with Gasteiger partial charge in [-0.1, -0.05) is 23.5 Å². The summed E-state index contributed by atoms with van der Waals surface area (Å²) in [7, 11) is 1.46. The number of esters is 1. The fraction of sp³-hybridized carbons (Fsp3) is 0.364. The zero-order valence-electron chi connectivity index (χ0n) is 16.4. The summed E-state index contributed by atoms with van der Waals surface area (Å²) in [5, 5.41) is 0.634. The number of thiazole rings is 1. The van der Waals surface area contributed by atoms with Gasteiger partial charge in [-0.25, -0.2) is 4.98 Å². The minimum atomic E-state index is -0.0888. The highest BCUT2D eigenvalue weighted by Crippen LogP contribution is 2.31. The average molecular weight is 413 g/mol. The molecular weight excluding hydrogens is 388 g/mol. The van der Waals surface area contributed by atoms with Gasteiger partial charge in [0.15, 0.2) is 0 Å². The maximum absolute atomic E-state index is 11.6. The van der Waals surface area contributed by atoms with E-state index in [1.807, 2.05) is 48.5 Å². The van der Waals surface area contributed by atoms with Crippen LogP contribution in [-0.2, 0) is 9.53 Å². The van der Waals surface area contributed by atoms with Gasteiger partial charge in [-0.15, -0.1) is 0 Å². The SMILES string of the molecule is COC(=O)C1CCN(CCOc2ccc(Oc3nc4ccccc4s3)cc2)CC1. The summed E-state index contributed by atoms with van der Waals surface area (Å²) in [6.45, 7) is 3.26. The number of hydrogen-bond donors (Lipinski definition) is 0. The van der Waals surface area contributed by atoms with E-state index in [-0.39, 0.29) is 11.9 Å². The van der Waals surface area contributed by atoms with Crippen LogP contribution in [0.15, 0.2) is 48.5 Å². The molecule has 1 saturated heterocycles. The summed E-state index contributed by atoms with van der Waals surface area (Å²) in [5.41, 5.74) is 0.947. The van der Waals surface area contributed by atoms with Crippen molar-refractivity contribution >= 4 is 27.5 Å². The molecule has 0 radical (unpaired) electrons. The molecule has 0 atom stereocenters. The van der Waals surface area contributed by atoms with Crippen LogP contribution < -0.4 is 9.47 Å². The molecule has 3 aromatic rings. The van der Waals surface area contributed by atoms with Gasteiger partial charge in [0.1, 0.15) is 18.1 Å². The number of benzene rings is 2. The molecule has 6 nitrogen and oxygen atoms in total. The molecule has 1 aliphatic heterocycles. The Morgan fingerprint density at radius 3 is 2.55 bits per heavy atom. The normalized spacial score (nSPS) is 15.3. The molecule has 7 heteroatoms. The molecule has 0 N–H and O–H groups in total. The lowest BCUT2D eigenvalue weighted by atomic mass is 9.97. The predicted octanol–water partition coefficient (Wildman–Crippen LogP) is 4.35. The van der Waals surface area contributed by atoms with Crippen LogP contribution in [-0.4, -0.2) is 49.2 Å². The van der Waals surface area contributed by atoms with Gasteiger partial charge < -0.3 is 14.2 Å². The van der Waals surface area contributed by atoms with Crippen LogP contribution >= 0.6 is 11.3 Å². The number of piperidine rings is 1. The summed E-state index contributed by atoms with van der Waals surface area (Å²) in [5.74, 6) is 1.50. The smallest absolute Gasteiger partial charge is 0.308 e. The van der Waals surface area contributed by atoms with Crippen LogP contribution in [0, 0.1) is 5.92 Å². The zero-order valence-corrected chi connectivity index (χ0v) is 17.2. The first-order valence-corrected chi connectivity index (χ1v) is 10.6. The molecule has 29 heavy (non-hydrogen) atoms. The topological polar surface area (TPSA) is 60.9 Å². The fourth-order valence-corrected chi connectivity index (χ4v) is 4.29. The number of para-hydroxylation sites is 1. The molecule has 0 aliphatic carbocycles. The second kappa shape index (κ2) is 9.24. The Bertz CT molecular complexity index is 916. The monoisotopic (exact) mass is 412 g/mol. The van der Waals surface area contributed by atoms with E-state index in [0.717, 1.165) is 54.2 Å². The second-order valence-corrected chi connectivity index (χ2v) is 8.00. The molecule has 1 fully saturated rings. The van der Waals surface area contributed by atoms with Crippen molar-refractivity contribution in [3.8, 4) is 16.7 Å². The van der Waals surface area contributed by atoms with Gasteiger partial charge in [-0.3, -0.25) is 9.69 Å². The molecule has 2 aromatic carbocycles. The van der Waals surface area contributed by atoms with E-state index in [1.54, 1.807) is 0 Å². The Morgan fingerprint density at radius 2 is 1.83 bits per heavy atom. The van der Waals surface area contributed by atoms with E-state index in [2.05, 4.69) is 9.88 Å². The van der Waals surface area contributed by atoms with Crippen LogP contribution in [0.1, 0.15) is 12.8 Å². The average Bonchev–Trinajstić information content (AvgIpc) is 3.17. The standard InChI is InChI=1S/C22H24N2O4S/c1-26-21(25)16-10-12-24(13-11-16)14-15-27-17-6-8-18(9-7-17)28-22-23-19-4-2-3-5-20(19)29-22/h2-9,16H,10-15H2,1H3. The number of hydrogen-bond acceptors (Lipinski definition) is 7. The van der Waals surface area contributed by atoms with E-state index >= 15 is 0 Å². The van der Waals surface area contributed by atoms with E-state index in [1.165, 1.54) is 18.4 Å². The summed E-state index contributed by atoms with van der Waals surface area (Å²) >= 11 is 1.53. The van der Waals surface area contributed by atoms with Gasteiger partial charge in [0, 0.05) is 6.54 Å². The molecular formula is C22H24N2O4S. The van der Waals surface area contributed by atoms with E-state index < -0.39 is 0 Å². The lowest BCUT2D eigenvalue weighted by Gasteiger charge is -2.30. The molecule has 0 saturated carbocycles. The number of nitrogens with zero attached hydrogens (tertiary/aromatic N) is 2. The molecule has 0 unspecified atom stereocenters. The van der Waals surface area contributed by atoms with E-state index in [0.29, 0.717) is 11.8 Å². The maximum atomic E-state index is 11.6. The van der Waals surface area contributed by atoms with Crippen molar-refractivity contribution in [2.75, 3.05) is 33.4 Å². The van der Waals surface area contributed by atoms with Crippen molar-refractivity contribution in [2.24, 2.45) is 5.92 Å². The zero-order chi connectivity index (χ0) is 20.1. The molecule has 0 bridgehead atoms. The van der Waals surface area contributed by atoms with E-state index in [4.69, 9.17) is 14.2 Å². The van der Waals surface area contributed by atoms with Crippen molar-refractivity contribution in [1.82, 2.24) is 9.88 Å². The Labute approximate surface area is 174 Å².